The lowest BCUT2D eigenvalue weighted by molar-refractivity contribution is -0.154. The molecule has 0 bridgehead atoms. The molecule has 38 heteroatoms. The molecular weight excluding hydrogens is 1350 g/mol. The third kappa shape index (κ3) is 53.4. The predicted octanol–water partition coefficient (Wildman–Crippen LogP) is 2.62. The number of rotatable bonds is 35. The quantitative estimate of drug-likeness (QED) is 0.0248. The van der Waals surface area contributed by atoms with E-state index in [0.717, 1.165) is 72.3 Å². The Balaban J connectivity index is -0.000000142. The summed E-state index contributed by atoms with van der Waals surface area (Å²) in [7, 11) is 9.60. The Morgan fingerprint density at radius 1 is 0.404 bits per heavy atom. The molecule has 4 aliphatic heterocycles. The molecule has 31 nitrogen and oxygen atoms in total. The number of amides is 2. The molecule has 0 aliphatic carbocycles. The summed E-state index contributed by atoms with van der Waals surface area (Å²) in [6.07, 6.45) is 8.36. The van der Waals surface area contributed by atoms with Gasteiger partial charge >= 0.3 is 50.3 Å². The number of carbonyl (C=O) groups is 6. The van der Waals surface area contributed by atoms with E-state index in [9.17, 15) is 39.0 Å². The molecule has 580 valence electrons. The minimum Gasteiger partial charge on any atom is -0.481 e. The molecule has 0 spiro atoms. The molecule has 4 aliphatic rings. The van der Waals surface area contributed by atoms with Crippen LogP contribution in [0.2, 0.25) is 18.1 Å². The van der Waals surface area contributed by atoms with Crippen LogP contribution >= 0.6 is 0 Å². The van der Waals surface area contributed by atoms with Crippen molar-refractivity contribution in [1.82, 2.24) is 10.6 Å². The van der Waals surface area contributed by atoms with Gasteiger partial charge in [0, 0.05) is 189 Å². The van der Waals surface area contributed by atoms with Gasteiger partial charge in [-0.2, -0.15) is 0 Å². The number of esters is 2. The van der Waals surface area contributed by atoms with Gasteiger partial charge < -0.3 is 120 Å². The Hall–Kier alpha value is -3.03. The highest BCUT2D eigenvalue weighted by molar-refractivity contribution is 6.61. The van der Waals surface area contributed by atoms with Crippen molar-refractivity contribution in [2.24, 2.45) is 5.73 Å². The highest BCUT2D eigenvalue weighted by atomic mass is 28.4. The Morgan fingerprint density at radius 2 is 0.646 bits per heavy atom. The van der Waals surface area contributed by atoms with E-state index in [0.29, 0.717) is 57.4 Å². The van der Waals surface area contributed by atoms with E-state index < -0.39 is 44.3 Å². The van der Waals surface area contributed by atoms with Crippen molar-refractivity contribution in [2.75, 3.05) is 105 Å². The third-order valence-corrected chi connectivity index (χ3v) is 23.4. The van der Waals surface area contributed by atoms with E-state index in [4.69, 9.17) is 99.5 Å². The van der Waals surface area contributed by atoms with Crippen molar-refractivity contribution in [3.05, 3.63) is 0 Å². The van der Waals surface area contributed by atoms with Crippen LogP contribution in [0.25, 0.3) is 0 Å². The zero-order chi connectivity index (χ0) is 74.2. The maximum absolute atomic E-state index is 11.9. The molecule has 12 atom stereocenters. The molecule has 4 saturated heterocycles. The minimum absolute atomic E-state index is 0. The minimum atomic E-state index is -2.60. The van der Waals surface area contributed by atoms with E-state index in [1.807, 2.05) is 55.4 Å². The molecule has 12 radical (unpaired) electrons. The lowest BCUT2D eigenvalue weighted by Gasteiger charge is -2.24. The molecule has 0 saturated carbocycles. The molecule has 4 unspecified atom stereocenters. The number of hydrogen-bond acceptors (Lipinski definition) is 27. The van der Waals surface area contributed by atoms with Crippen LogP contribution in [-0.4, -0.2) is 310 Å². The van der Waals surface area contributed by atoms with Crippen LogP contribution < -0.4 is 16.4 Å². The SMILES string of the molecule is CC[C@H]1O[C@@H](C)CC1O.CC[C@H]1O[C@@H](C)CC1O.CC[C@H]1O[C@@H](C)CC1OC(=O)CCC(=O)NCCC[Si](OC)(OC)OC.CC[C@H]1O[C@@H](C)CC1OC(=O)CCC(=O)O.CO.CO.CO.CO[Si](CCCN)(OC)OC.CO[Si](CCCNC(=O)CCC(=O)O)(OC)OC.[B].[B].[B].[B]. The molecule has 4 rings (SSSR count). The molecule has 99 heavy (non-hydrogen) atoms. The normalized spacial score (nSPS) is 22.2. The maximum atomic E-state index is 11.9. The zero-order valence-electron chi connectivity index (χ0n) is 63.3. The fourth-order valence-corrected chi connectivity index (χ4v) is 14.9. The second kappa shape index (κ2) is 70.6. The number of carbonyl (C=O) groups excluding carboxylic acids is 4. The first-order valence-corrected chi connectivity index (χ1v) is 38.3. The molecule has 0 aromatic rings. The molecule has 0 aromatic heterocycles. The van der Waals surface area contributed by atoms with Crippen LogP contribution in [0.15, 0.2) is 0 Å². The fourth-order valence-electron chi connectivity index (χ4n) is 9.75. The van der Waals surface area contributed by atoms with Crippen LogP contribution in [0.4, 0.5) is 0 Å². The highest BCUT2D eigenvalue weighted by Crippen LogP contribution is 2.28. The van der Waals surface area contributed by atoms with Gasteiger partial charge in [-0.05, 0) is 79.2 Å². The number of aliphatic hydroxyl groups excluding tert-OH is 5. The first-order valence-electron chi connectivity index (χ1n) is 32.5. The van der Waals surface area contributed by atoms with Crippen molar-refractivity contribution in [3.8, 4) is 0 Å². The Kier molecular flexibility index (Phi) is 81.6. The molecule has 0 aromatic carbocycles. The highest BCUT2D eigenvalue weighted by Gasteiger charge is 2.40. The monoisotopic (exact) mass is 1480 g/mol. The van der Waals surface area contributed by atoms with E-state index in [2.05, 4.69) is 10.6 Å². The number of aliphatic carboxylic acids is 2. The molecule has 4 heterocycles. The van der Waals surface area contributed by atoms with E-state index in [1.54, 1.807) is 42.7 Å². The van der Waals surface area contributed by atoms with Crippen molar-refractivity contribution < 1.29 is 133 Å². The van der Waals surface area contributed by atoms with E-state index in [-0.39, 0.29) is 163 Å². The van der Waals surface area contributed by atoms with Crippen LogP contribution in [-0.2, 0) is 97.0 Å². The summed E-state index contributed by atoms with van der Waals surface area (Å²) in [6.45, 7) is 17.5. The lowest BCUT2D eigenvalue weighted by Crippen LogP contribution is -2.43. The number of nitrogens with two attached hydrogens (primary N) is 1. The van der Waals surface area contributed by atoms with Gasteiger partial charge in [-0.15, -0.1) is 0 Å². The van der Waals surface area contributed by atoms with Crippen molar-refractivity contribution in [1.29, 1.82) is 0 Å². The average Bonchev–Trinajstić information content (AvgIpc) is 1.90. The predicted molar refractivity (Wildman–Crippen MR) is 383 cm³/mol. The van der Waals surface area contributed by atoms with Crippen LogP contribution in [0.3, 0.4) is 0 Å². The Morgan fingerprint density at radius 3 is 0.879 bits per heavy atom. The van der Waals surface area contributed by atoms with Gasteiger partial charge in [0.15, 0.2) is 0 Å². The molecule has 11 N–H and O–H groups in total. The summed E-state index contributed by atoms with van der Waals surface area (Å²) >= 11 is 0. The summed E-state index contributed by atoms with van der Waals surface area (Å²) in [5.41, 5.74) is 5.36. The summed E-state index contributed by atoms with van der Waals surface area (Å²) < 4.78 is 79.8. The number of aliphatic hydroxyl groups is 5. The van der Waals surface area contributed by atoms with Gasteiger partial charge in [0.2, 0.25) is 11.8 Å². The van der Waals surface area contributed by atoms with Gasteiger partial charge in [-0.1, -0.05) is 27.7 Å². The molecular formula is C61H129B4N3O28Si3. The first-order chi connectivity index (χ1) is 45.1. The van der Waals surface area contributed by atoms with Gasteiger partial charge in [-0.3, -0.25) is 28.8 Å². The smallest absolute Gasteiger partial charge is 0.481 e. The summed E-state index contributed by atoms with van der Waals surface area (Å²) in [5, 5.41) is 61.7. The summed E-state index contributed by atoms with van der Waals surface area (Å²) in [4.78, 5) is 66.9. The molecule has 2 amide bonds. The van der Waals surface area contributed by atoms with Crippen LogP contribution in [0.1, 0.15) is 165 Å². The third-order valence-electron chi connectivity index (χ3n) is 14.9. The van der Waals surface area contributed by atoms with Crippen molar-refractivity contribution in [3.63, 3.8) is 0 Å². The summed E-state index contributed by atoms with van der Waals surface area (Å²) in [6, 6.07) is 1.99. The Bertz CT molecular complexity index is 1880. The molecule has 4 fully saturated rings. The topological polar surface area (TPSA) is 433 Å². The van der Waals surface area contributed by atoms with Gasteiger partial charge in [-0.25, -0.2) is 0 Å². The second-order valence-corrected chi connectivity index (χ2v) is 31.0. The van der Waals surface area contributed by atoms with Gasteiger partial charge in [0.05, 0.1) is 86.7 Å². The zero-order valence-corrected chi connectivity index (χ0v) is 66.3. The maximum Gasteiger partial charge on any atom is 0.500 e. The number of ether oxygens (including phenoxy) is 6. The van der Waals surface area contributed by atoms with E-state index in [1.165, 1.54) is 21.3 Å². The average molecular weight is 1480 g/mol. The van der Waals surface area contributed by atoms with Crippen molar-refractivity contribution >= 4 is 95.8 Å². The van der Waals surface area contributed by atoms with Gasteiger partial charge in [0.25, 0.3) is 0 Å². The van der Waals surface area contributed by atoms with Crippen LogP contribution in [0, 0.1) is 0 Å². The van der Waals surface area contributed by atoms with Crippen molar-refractivity contribution in [2.45, 2.75) is 256 Å². The number of carboxylic acids is 2. The Labute approximate surface area is 603 Å². The number of carboxylic acid groups (broad SMARTS) is 2. The van der Waals surface area contributed by atoms with Crippen LogP contribution in [0.5, 0.6) is 0 Å². The number of hydrogen-bond donors (Lipinski definition) is 10. The van der Waals surface area contributed by atoms with E-state index >= 15 is 0 Å². The lowest BCUT2D eigenvalue weighted by atomic mass is 10.1. The standard InChI is InChI=1S/C17H33NO7Si.C11H18O5.C10H21NO6Si.2C7H14O2.C6H17NO3Si.3CH4O.4B/c1-6-14-15(12-13(2)24-14)25-17(20)9-8-16(19)18-10-7-11-26(21-3,22-4)23-5;1-3-8-9(6-7(2)15-8)16-11(14)5-4-10(12)13;1-15-18(16-2,17-3)8-4-7-11-9(12)5-6-10(13)14;2*1-3-7-6(8)4-5(2)9-7;1-8-11(9-2,10-3)6-4-5-7;3*1-2;;;;/h13-15H,6-12H2,1-5H3,(H,18,19);7-9H,3-6H2,1-2H3,(H,12,13);4-8H2,1-3H3,(H,11,12)(H,13,14);2*5-8H,3-4H2,1-2H3;4-7H2,1-3H3;3*2H,1H3;;;;/t13-,14+,15?;7-,8+,9?;;2*5-,6?,7+;;;;;;;;/m00.00......../s1. The summed E-state index contributed by atoms with van der Waals surface area (Å²) in [5.74, 6) is -3.22. The first kappa shape index (κ1) is 114. The van der Waals surface area contributed by atoms with Gasteiger partial charge in [0.1, 0.15) is 12.2 Å². The second-order valence-electron chi connectivity index (χ2n) is 21.7. The largest absolute Gasteiger partial charge is 0.500 e. The fraction of sp³-hybridized carbons (Fsp3) is 0.902. The number of nitrogens with one attached hydrogen (secondary N) is 2.